The van der Waals surface area contributed by atoms with Gasteiger partial charge in [0.25, 0.3) is 0 Å². The van der Waals surface area contributed by atoms with Crippen LogP contribution in [0.1, 0.15) is 36.3 Å². The van der Waals surface area contributed by atoms with Crippen LogP contribution in [0.5, 0.6) is 5.75 Å². The number of carbonyl (C=O) groups is 2. The lowest BCUT2D eigenvalue weighted by atomic mass is 9.80. The van der Waals surface area contributed by atoms with Crippen LogP contribution < -0.4 is 10.1 Å². The molecule has 2 unspecified atom stereocenters. The summed E-state index contributed by atoms with van der Waals surface area (Å²) in [5, 5.41) is 11.9. The van der Waals surface area contributed by atoms with Gasteiger partial charge in [-0.05, 0) is 48.4 Å². The molecule has 140 valence electrons. The molecule has 0 bridgehead atoms. The zero-order valence-corrected chi connectivity index (χ0v) is 15.0. The Balaban J connectivity index is 1.24. The molecule has 2 N–H and O–H groups in total. The van der Waals surface area contributed by atoms with Gasteiger partial charge in [0.1, 0.15) is 12.4 Å². The van der Waals surface area contributed by atoms with Crippen molar-refractivity contribution < 1.29 is 19.4 Å². The first-order valence-corrected chi connectivity index (χ1v) is 9.40. The Morgan fingerprint density at radius 2 is 1.70 bits per heavy atom. The smallest absolute Gasteiger partial charge is 0.306 e. The standard InChI is InChI=1S/C22H23NO4/c24-21(23-17-10-16(11-17)22(25)26)20-12-19(20)15-6-8-18(9-7-15)27-13-14-4-2-1-3-5-14/h1-9,16-17,19-20H,10-13H2,(H,23,24)(H,25,26). The van der Waals surface area contributed by atoms with Gasteiger partial charge >= 0.3 is 5.97 Å². The molecule has 27 heavy (non-hydrogen) atoms. The summed E-state index contributed by atoms with van der Waals surface area (Å²) < 4.78 is 5.80. The number of nitrogens with one attached hydrogen (secondary N) is 1. The second-order valence-electron chi connectivity index (χ2n) is 7.50. The molecule has 0 heterocycles. The molecule has 4 rings (SSSR count). The van der Waals surface area contributed by atoms with Crippen molar-refractivity contribution in [2.75, 3.05) is 0 Å². The minimum atomic E-state index is -0.764. The summed E-state index contributed by atoms with van der Waals surface area (Å²) in [6.45, 7) is 0.535. The number of hydrogen-bond acceptors (Lipinski definition) is 3. The van der Waals surface area contributed by atoms with Gasteiger partial charge in [0.2, 0.25) is 5.91 Å². The first-order chi connectivity index (χ1) is 13.1. The van der Waals surface area contributed by atoms with Crippen LogP contribution >= 0.6 is 0 Å². The van der Waals surface area contributed by atoms with E-state index in [2.05, 4.69) is 5.32 Å². The van der Waals surface area contributed by atoms with Crippen LogP contribution in [0.2, 0.25) is 0 Å². The zero-order chi connectivity index (χ0) is 18.8. The van der Waals surface area contributed by atoms with E-state index < -0.39 is 5.97 Å². The van der Waals surface area contributed by atoms with Crippen LogP contribution in [0.25, 0.3) is 0 Å². The number of hydrogen-bond donors (Lipinski definition) is 2. The van der Waals surface area contributed by atoms with E-state index in [1.54, 1.807) is 0 Å². The van der Waals surface area contributed by atoms with E-state index in [9.17, 15) is 9.59 Å². The Morgan fingerprint density at radius 3 is 2.37 bits per heavy atom. The predicted molar refractivity (Wildman–Crippen MR) is 100 cm³/mol. The van der Waals surface area contributed by atoms with E-state index in [0.717, 1.165) is 23.3 Å². The lowest BCUT2D eigenvalue weighted by Gasteiger charge is -2.32. The second kappa shape index (κ2) is 7.43. The molecule has 5 nitrogen and oxygen atoms in total. The summed E-state index contributed by atoms with van der Waals surface area (Å²) in [5.41, 5.74) is 2.28. The predicted octanol–water partition coefficient (Wildman–Crippen LogP) is 3.35. The molecular formula is C22H23NO4. The third kappa shape index (κ3) is 4.13. The van der Waals surface area contributed by atoms with Gasteiger partial charge < -0.3 is 15.2 Å². The number of amides is 1. The molecule has 0 aliphatic heterocycles. The van der Waals surface area contributed by atoms with Gasteiger partial charge in [0, 0.05) is 12.0 Å². The van der Waals surface area contributed by atoms with E-state index in [1.807, 2.05) is 54.6 Å². The molecule has 0 aromatic heterocycles. The Morgan fingerprint density at radius 1 is 1.00 bits per heavy atom. The van der Waals surface area contributed by atoms with Crippen LogP contribution in [-0.4, -0.2) is 23.0 Å². The lowest BCUT2D eigenvalue weighted by Crippen LogP contribution is -2.47. The Hall–Kier alpha value is -2.82. The number of aliphatic carboxylic acids is 1. The van der Waals surface area contributed by atoms with Gasteiger partial charge in [0.05, 0.1) is 5.92 Å². The van der Waals surface area contributed by atoms with Crippen molar-refractivity contribution >= 4 is 11.9 Å². The molecule has 1 amide bonds. The summed E-state index contributed by atoms with van der Waals surface area (Å²) in [5.74, 6) is 0.0678. The summed E-state index contributed by atoms with van der Waals surface area (Å²) in [7, 11) is 0. The zero-order valence-electron chi connectivity index (χ0n) is 15.0. The van der Waals surface area contributed by atoms with Gasteiger partial charge in [-0.1, -0.05) is 42.5 Å². The van der Waals surface area contributed by atoms with Crippen LogP contribution in [0.3, 0.4) is 0 Å². The molecule has 0 radical (unpaired) electrons. The first kappa shape index (κ1) is 17.6. The summed E-state index contributed by atoms with van der Waals surface area (Å²) in [6, 6.07) is 18.0. The minimum Gasteiger partial charge on any atom is -0.489 e. The van der Waals surface area contributed by atoms with Crippen LogP contribution in [0.15, 0.2) is 54.6 Å². The first-order valence-electron chi connectivity index (χ1n) is 9.40. The molecule has 2 aromatic carbocycles. The lowest BCUT2D eigenvalue weighted by molar-refractivity contribution is -0.146. The van der Waals surface area contributed by atoms with E-state index in [4.69, 9.17) is 9.84 Å². The summed E-state index contributed by atoms with van der Waals surface area (Å²) in [6.07, 6.45) is 1.95. The van der Waals surface area contributed by atoms with Crippen molar-refractivity contribution in [2.45, 2.75) is 37.8 Å². The Bertz CT molecular complexity index is 812. The molecule has 2 fully saturated rings. The Kier molecular flexibility index (Phi) is 4.84. The summed E-state index contributed by atoms with van der Waals surface area (Å²) in [4.78, 5) is 23.1. The number of benzene rings is 2. The van der Waals surface area contributed by atoms with E-state index in [0.29, 0.717) is 19.4 Å². The number of carbonyl (C=O) groups excluding carboxylic acids is 1. The normalized spacial score (nSPS) is 25.9. The second-order valence-corrected chi connectivity index (χ2v) is 7.50. The molecule has 2 aliphatic rings. The quantitative estimate of drug-likeness (QED) is 0.789. The highest BCUT2D eigenvalue weighted by Crippen LogP contribution is 2.48. The van der Waals surface area contributed by atoms with Crippen LogP contribution in [0.4, 0.5) is 0 Å². The van der Waals surface area contributed by atoms with Gasteiger partial charge in [-0.2, -0.15) is 0 Å². The maximum Gasteiger partial charge on any atom is 0.306 e. The molecular weight excluding hydrogens is 342 g/mol. The van der Waals surface area contributed by atoms with Crippen LogP contribution in [0, 0.1) is 11.8 Å². The highest BCUT2D eigenvalue weighted by Gasteiger charge is 2.45. The van der Waals surface area contributed by atoms with Crippen molar-refractivity contribution in [3.8, 4) is 5.75 Å². The average Bonchev–Trinajstić information content (AvgIpc) is 3.44. The fourth-order valence-electron chi connectivity index (χ4n) is 3.65. The van der Waals surface area contributed by atoms with E-state index >= 15 is 0 Å². The number of carboxylic acid groups (broad SMARTS) is 1. The highest BCUT2D eigenvalue weighted by atomic mass is 16.5. The average molecular weight is 365 g/mol. The molecule has 5 heteroatoms. The van der Waals surface area contributed by atoms with E-state index in [1.165, 1.54) is 0 Å². The SMILES string of the molecule is O=C(O)C1CC(NC(=O)C2CC2c2ccc(OCc3ccccc3)cc2)C1. The van der Waals surface area contributed by atoms with Gasteiger partial charge in [0.15, 0.2) is 0 Å². The third-order valence-electron chi connectivity index (χ3n) is 5.52. The van der Waals surface area contributed by atoms with Crippen molar-refractivity contribution in [3.63, 3.8) is 0 Å². The molecule has 2 atom stereocenters. The van der Waals surface area contributed by atoms with Crippen molar-refractivity contribution in [2.24, 2.45) is 11.8 Å². The molecule has 2 aromatic rings. The fourth-order valence-corrected chi connectivity index (χ4v) is 3.65. The third-order valence-corrected chi connectivity index (χ3v) is 5.52. The van der Waals surface area contributed by atoms with E-state index in [-0.39, 0.29) is 29.7 Å². The molecule has 0 spiro atoms. The van der Waals surface area contributed by atoms with Crippen LogP contribution in [-0.2, 0) is 16.2 Å². The molecule has 2 saturated carbocycles. The minimum absolute atomic E-state index is 0.00460. The molecule has 2 aliphatic carbocycles. The number of carboxylic acids is 1. The maximum absolute atomic E-state index is 12.3. The van der Waals surface area contributed by atoms with Gasteiger partial charge in [-0.3, -0.25) is 9.59 Å². The maximum atomic E-state index is 12.3. The monoisotopic (exact) mass is 365 g/mol. The Labute approximate surface area is 158 Å². The summed E-state index contributed by atoms with van der Waals surface area (Å²) >= 11 is 0. The van der Waals surface area contributed by atoms with Gasteiger partial charge in [-0.15, -0.1) is 0 Å². The molecule has 0 saturated heterocycles. The number of rotatable bonds is 7. The fraction of sp³-hybridized carbons (Fsp3) is 0.364. The van der Waals surface area contributed by atoms with Gasteiger partial charge in [-0.25, -0.2) is 0 Å². The largest absolute Gasteiger partial charge is 0.489 e. The topological polar surface area (TPSA) is 75.6 Å². The van der Waals surface area contributed by atoms with Crippen molar-refractivity contribution in [3.05, 3.63) is 65.7 Å². The van der Waals surface area contributed by atoms with Crippen molar-refractivity contribution in [1.29, 1.82) is 0 Å². The van der Waals surface area contributed by atoms with Crippen molar-refractivity contribution in [1.82, 2.24) is 5.32 Å². The number of ether oxygens (including phenoxy) is 1. The highest BCUT2D eigenvalue weighted by molar-refractivity contribution is 5.83.